The molecule has 1 aromatic carbocycles. The van der Waals surface area contributed by atoms with E-state index in [1.165, 1.54) is 36.7 Å². The van der Waals surface area contributed by atoms with Crippen molar-refractivity contribution in [3.63, 3.8) is 0 Å². The second-order valence-corrected chi connectivity index (χ2v) is 6.07. The summed E-state index contributed by atoms with van der Waals surface area (Å²) in [5.41, 5.74) is 0. The van der Waals surface area contributed by atoms with E-state index in [0.29, 0.717) is 5.75 Å². The van der Waals surface area contributed by atoms with Gasteiger partial charge in [-0.05, 0) is 49.4 Å². The number of carbonyl (C=O) groups is 1. The second kappa shape index (κ2) is 6.94. The van der Waals surface area contributed by atoms with Gasteiger partial charge in [0.2, 0.25) is 5.91 Å². The van der Waals surface area contributed by atoms with Gasteiger partial charge in [0.15, 0.2) is 0 Å². The SMILES string of the molecule is CCCN(CC1CC1)C(=O)CSc1ccc(F)cc1. The van der Waals surface area contributed by atoms with E-state index in [4.69, 9.17) is 0 Å². The Hall–Kier alpha value is -1.03. The average molecular weight is 281 g/mol. The molecule has 1 fully saturated rings. The summed E-state index contributed by atoms with van der Waals surface area (Å²) >= 11 is 1.48. The van der Waals surface area contributed by atoms with Crippen molar-refractivity contribution < 1.29 is 9.18 Å². The van der Waals surface area contributed by atoms with Crippen molar-refractivity contribution >= 4 is 17.7 Å². The van der Waals surface area contributed by atoms with Crippen molar-refractivity contribution in [1.82, 2.24) is 4.90 Å². The molecule has 0 bridgehead atoms. The summed E-state index contributed by atoms with van der Waals surface area (Å²) in [6, 6.07) is 6.30. The summed E-state index contributed by atoms with van der Waals surface area (Å²) in [5, 5.41) is 0. The number of hydrogen-bond acceptors (Lipinski definition) is 2. The second-order valence-electron chi connectivity index (χ2n) is 5.03. The van der Waals surface area contributed by atoms with Gasteiger partial charge in [-0.25, -0.2) is 4.39 Å². The normalized spacial score (nSPS) is 14.4. The molecule has 104 valence electrons. The number of carbonyl (C=O) groups excluding carboxylic acids is 1. The van der Waals surface area contributed by atoms with Crippen LogP contribution in [0.2, 0.25) is 0 Å². The van der Waals surface area contributed by atoms with Gasteiger partial charge in [0.05, 0.1) is 5.75 Å². The third-order valence-electron chi connectivity index (χ3n) is 3.20. The van der Waals surface area contributed by atoms with Gasteiger partial charge in [0.1, 0.15) is 5.82 Å². The Kier molecular flexibility index (Phi) is 5.25. The van der Waals surface area contributed by atoms with E-state index in [-0.39, 0.29) is 11.7 Å². The van der Waals surface area contributed by atoms with Gasteiger partial charge >= 0.3 is 0 Å². The van der Waals surface area contributed by atoms with Crippen molar-refractivity contribution in [1.29, 1.82) is 0 Å². The fourth-order valence-corrected chi connectivity index (χ4v) is 2.77. The van der Waals surface area contributed by atoms with Crippen LogP contribution in [0.3, 0.4) is 0 Å². The lowest BCUT2D eigenvalue weighted by molar-refractivity contribution is -0.128. The standard InChI is InChI=1S/C15H20FNOS/c1-2-9-17(10-12-3-4-12)15(18)11-19-14-7-5-13(16)6-8-14/h5-8,12H,2-4,9-11H2,1H3. The van der Waals surface area contributed by atoms with Gasteiger partial charge in [-0.15, -0.1) is 11.8 Å². The zero-order valence-electron chi connectivity index (χ0n) is 11.3. The van der Waals surface area contributed by atoms with Crippen LogP contribution in [-0.2, 0) is 4.79 Å². The fraction of sp³-hybridized carbons (Fsp3) is 0.533. The Morgan fingerprint density at radius 3 is 2.63 bits per heavy atom. The molecule has 2 rings (SSSR count). The Balaban J connectivity index is 1.82. The Morgan fingerprint density at radius 1 is 1.37 bits per heavy atom. The monoisotopic (exact) mass is 281 g/mol. The van der Waals surface area contributed by atoms with Gasteiger partial charge in [-0.1, -0.05) is 6.92 Å². The number of halogens is 1. The van der Waals surface area contributed by atoms with E-state index in [1.807, 2.05) is 4.90 Å². The molecule has 1 aliphatic carbocycles. The maximum atomic E-state index is 12.8. The van der Waals surface area contributed by atoms with Crippen molar-refractivity contribution in [3.8, 4) is 0 Å². The zero-order chi connectivity index (χ0) is 13.7. The summed E-state index contributed by atoms with van der Waals surface area (Å²) < 4.78 is 12.8. The van der Waals surface area contributed by atoms with Crippen LogP contribution in [0.25, 0.3) is 0 Å². The minimum atomic E-state index is -0.239. The zero-order valence-corrected chi connectivity index (χ0v) is 12.1. The van der Waals surface area contributed by atoms with E-state index in [2.05, 4.69) is 6.92 Å². The molecule has 0 aliphatic heterocycles. The van der Waals surface area contributed by atoms with E-state index in [1.54, 1.807) is 12.1 Å². The number of thioether (sulfide) groups is 1. The molecule has 0 unspecified atom stereocenters. The van der Waals surface area contributed by atoms with E-state index in [0.717, 1.165) is 30.3 Å². The lowest BCUT2D eigenvalue weighted by atomic mass is 10.3. The molecule has 0 aromatic heterocycles. The van der Waals surface area contributed by atoms with Crippen LogP contribution >= 0.6 is 11.8 Å². The van der Waals surface area contributed by atoms with Crippen LogP contribution < -0.4 is 0 Å². The van der Waals surface area contributed by atoms with Crippen LogP contribution in [0.15, 0.2) is 29.2 Å². The highest BCUT2D eigenvalue weighted by Gasteiger charge is 2.26. The van der Waals surface area contributed by atoms with Gasteiger partial charge in [-0.3, -0.25) is 4.79 Å². The summed E-state index contributed by atoms with van der Waals surface area (Å²) in [5.74, 6) is 1.13. The molecule has 0 saturated heterocycles. The van der Waals surface area contributed by atoms with Crippen molar-refractivity contribution in [2.75, 3.05) is 18.8 Å². The first-order chi connectivity index (χ1) is 9.19. The molecule has 0 spiro atoms. The Labute approximate surface area is 118 Å². The summed E-state index contributed by atoms with van der Waals surface area (Å²) in [6.45, 7) is 3.86. The molecule has 0 N–H and O–H groups in total. The number of rotatable bonds is 7. The molecule has 1 aliphatic rings. The van der Waals surface area contributed by atoms with E-state index >= 15 is 0 Å². The molecule has 2 nitrogen and oxygen atoms in total. The summed E-state index contributed by atoms with van der Waals surface area (Å²) in [6.07, 6.45) is 3.52. The van der Waals surface area contributed by atoms with Gasteiger partial charge < -0.3 is 4.90 Å². The smallest absolute Gasteiger partial charge is 0.232 e. The summed E-state index contributed by atoms with van der Waals surface area (Å²) in [7, 11) is 0. The minimum Gasteiger partial charge on any atom is -0.342 e. The number of amides is 1. The quantitative estimate of drug-likeness (QED) is 0.712. The third kappa shape index (κ3) is 4.86. The molecule has 4 heteroatoms. The first-order valence-electron chi connectivity index (χ1n) is 6.85. The predicted octanol–water partition coefficient (Wildman–Crippen LogP) is 3.57. The summed E-state index contributed by atoms with van der Waals surface area (Å²) in [4.78, 5) is 15.1. The van der Waals surface area contributed by atoms with Crippen LogP contribution in [0, 0.1) is 11.7 Å². The van der Waals surface area contributed by atoms with Gasteiger partial charge in [-0.2, -0.15) is 0 Å². The predicted molar refractivity (Wildman–Crippen MR) is 76.7 cm³/mol. The number of benzene rings is 1. The first kappa shape index (κ1) is 14.4. The van der Waals surface area contributed by atoms with Crippen molar-refractivity contribution in [2.45, 2.75) is 31.1 Å². The molecule has 1 aromatic rings. The molecular formula is C15H20FNOS. The number of hydrogen-bond donors (Lipinski definition) is 0. The molecule has 1 amide bonds. The van der Waals surface area contributed by atoms with E-state index in [9.17, 15) is 9.18 Å². The lowest BCUT2D eigenvalue weighted by Gasteiger charge is -2.21. The molecule has 19 heavy (non-hydrogen) atoms. The van der Waals surface area contributed by atoms with Crippen molar-refractivity contribution in [3.05, 3.63) is 30.1 Å². The third-order valence-corrected chi connectivity index (χ3v) is 4.19. The largest absolute Gasteiger partial charge is 0.342 e. The highest BCUT2D eigenvalue weighted by Crippen LogP contribution is 2.30. The molecular weight excluding hydrogens is 261 g/mol. The highest BCUT2D eigenvalue weighted by molar-refractivity contribution is 8.00. The maximum Gasteiger partial charge on any atom is 0.232 e. The maximum absolute atomic E-state index is 12.8. The lowest BCUT2D eigenvalue weighted by Crippen LogP contribution is -2.34. The van der Waals surface area contributed by atoms with Crippen molar-refractivity contribution in [2.24, 2.45) is 5.92 Å². The van der Waals surface area contributed by atoms with Crippen LogP contribution in [-0.4, -0.2) is 29.6 Å². The average Bonchev–Trinajstić information content (AvgIpc) is 3.21. The molecule has 0 atom stereocenters. The molecule has 1 saturated carbocycles. The molecule has 0 radical (unpaired) electrons. The van der Waals surface area contributed by atoms with Crippen LogP contribution in [0.5, 0.6) is 0 Å². The first-order valence-corrected chi connectivity index (χ1v) is 7.83. The van der Waals surface area contributed by atoms with Crippen LogP contribution in [0.4, 0.5) is 4.39 Å². The van der Waals surface area contributed by atoms with Crippen LogP contribution in [0.1, 0.15) is 26.2 Å². The van der Waals surface area contributed by atoms with Gasteiger partial charge in [0, 0.05) is 18.0 Å². The highest BCUT2D eigenvalue weighted by atomic mass is 32.2. The van der Waals surface area contributed by atoms with E-state index < -0.39 is 0 Å². The number of nitrogens with zero attached hydrogens (tertiary/aromatic N) is 1. The Bertz CT molecular complexity index is 417. The topological polar surface area (TPSA) is 20.3 Å². The minimum absolute atomic E-state index is 0.197. The fourth-order valence-electron chi connectivity index (χ4n) is 1.97. The Morgan fingerprint density at radius 2 is 2.05 bits per heavy atom. The van der Waals surface area contributed by atoms with Gasteiger partial charge in [0.25, 0.3) is 0 Å². The molecule has 0 heterocycles.